The molecule has 0 spiro atoms. The molecule has 5 fully saturated rings. The summed E-state index contributed by atoms with van der Waals surface area (Å²) in [6, 6.07) is 8.80. The largest absolute Gasteiger partial charge is 0.481 e. The lowest BCUT2D eigenvalue weighted by Gasteiger charge is -2.64. The van der Waals surface area contributed by atoms with Crippen molar-refractivity contribution in [3.63, 3.8) is 0 Å². The van der Waals surface area contributed by atoms with E-state index in [1.54, 1.807) is 6.92 Å². The fourth-order valence-corrected chi connectivity index (χ4v) is 6.66. The third-order valence-corrected chi connectivity index (χ3v) is 8.78. The van der Waals surface area contributed by atoms with E-state index in [1.165, 1.54) is 6.42 Å². The Morgan fingerprint density at radius 3 is 2.73 bits per heavy atom. The van der Waals surface area contributed by atoms with Crippen molar-refractivity contribution in [3.8, 4) is 0 Å². The predicted octanol–water partition coefficient (Wildman–Crippen LogP) is 3.56. The summed E-state index contributed by atoms with van der Waals surface area (Å²) in [6.45, 7) is 9.42. The van der Waals surface area contributed by atoms with Gasteiger partial charge in [0.15, 0.2) is 0 Å². The third kappa shape index (κ3) is 3.85. The molecule has 1 N–H and O–H groups in total. The Labute approximate surface area is 196 Å². The molecular formula is C25H35BN2O5. The van der Waals surface area contributed by atoms with Gasteiger partial charge in [0.25, 0.3) is 0 Å². The maximum absolute atomic E-state index is 13.2. The van der Waals surface area contributed by atoms with Crippen LogP contribution in [0, 0.1) is 17.3 Å². The summed E-state index contributed by atoms with van der Waals surface area (Å²) in [7, 11) is -0.404. The standard InChI is InChI=1S/C25H35BN2O5/c1-16(27-23(30)31-15-17-9-6-5-7-10-17)22(29)28-12-8-11-21(28)26-32-20-14-18-13-19(24(18,2)3)25(20,4)33-26/h5-7,9-10,16,18-21H,8,11-15H2,1-4H3,(H,27,30)/t16-,18-,19-,20+,21-,25-/m0/s1. The van der Waals surface area contributed by atoms with Gasteiger partial charge in [-0.25, -0.2) is 4.79 Å². The number of likely N-dealkylation sites (tertiary alicyclic amines) is 1. The number of carbonyl (C=O) groups is 2. The van der Waals surface area contributed by atoms with Gasteiger partial charge in [0, 0.05) is 6.54 Å². The molecule has 2 heterocycles. The highest BCUT2D eigenvalue weighted by atomic mass is 16.7. The highest BCUT2D eigenvalue weighted by Crippen LogP contribution is 2.65. The van der Waals surface area contributed by atoms with Crippen molar-refractivity contribution in [2.24, 2.45) is 17.3 Å². The van der Waals surface area contributed by atoms with E-state index >= 15 is 0 Å². The van der Waals surface area contributed by atoms with Crippen LogP contribution >= 0.6 is 0 Å². The number of hydrogen-bond acceptors (Lipinski definition) is 5. The molecular weight excluding hydrogens is 419 g/mol. The van der Waals surface area contributed by atoms with Crippen molar-refractivity contribution >= 4 is 19.1 Å². The second-order valence-corrected chi connectivity index (χ2v) is 11.0. The summed E-state index contributed by atoms with van der Waals surface area (Å²) >= 11 is 0. The van der Waals surface area contributed by atoms with Crippen LogP contribution in [0.15, 0.2) is 30.3 Å². The highest BCUT2D eigenvalue weighted by molar-refractivity contribution is 6.48. The smallest absolute Gasteiger partial charge is 0.445 e. The highest BCUT2D eigenvalue weighted by Gasteiger charge is 2.69. The van der Waals surface area contributed by atoms with Gasteiger partial charge in [-0.05, 0) is 62.3 Å². The Morgan fingerprint density at radius 2 is 2.00 bits per heavy atom. The molecule has 1 aromatic rings. The topological polar surface area (TPSA) is 77.1 Å². The molecule has 3 saturated carbocycles. The fourth-order valence-electron chi connectivity index (χ4n) is 6.66. The van der Waals surface area contributed by atoms with E-state index in [0.717, 1.165) is 24.8 Å². The SMILES string of the molecule is C[C@H](NC(=O)OCc1ccccc1)C(=O)N1CCC[C@H]1B1O[C@@H]2C[C@@H]3C[C@@H](C3(C)C)[C@]2(C)O1. The lowest BCUT2D eigenvalue weighted by atomic mass is 9.43. The van der Waals surface area contributed by atoms with Crippen molar-refractivity contribution in [2.75, 3.05) is 6.54 Å². The second-order valence-electron chi connectivity index (χ2n) is 11.0. The van der Waals surface area contributed by atoms with Gasteiger partial charge >= 0.3 is 13.2 Å². The van der Waals surface area contributed by atoms with Crippen molar-refractivity contribution in [3.05, 3.63) is 35.9 Å². The zero-order valence-corrected chi connectivity index (χ0v) is 20.1. The Bertz CT molecular complexity index is 911. The van der Waals surface area contributed by atoms with Gasteiger partial charge in [-0.2, -0.15) is 0 Å². The predicted molar refractivity (Wildman–Crippen MR) is 124 cm³/mol. The van der Waals surface area contributed by atoms with Crippen LogP contribution < -0.4 is 5.32 Å². The molecule has 6 atom stereocenters. The van der Waals surface area contributed by atoms with E-state index in [2.05, 4.69) is 26.1 Å². The number of hydrogen-bond donors (Lipinski definition) is 1. The number of alkyl carbamates (subject to hydrolysis) is 1. The van der Waals surface area contributed by atoms with Crippen LogP contribution in [0.2, 0.25) is 0 Å². The molecule has 2 amide bonds. The summed E-state index contributed by atoms with van der Waals surface area (Å²) < 4.78 is 18.4. The molecule has 0 aromatic heterocycles. The van der Waals surface area contributed by atoms with Gasteiger partial charge in [0.1, 0.15) is 12.6 Å². The normalized spacial score (nSPS) is 34.9. The average molecular weight is 454 g/mol. The Balaban J connectivity index is 1.18. The Morgan fingerprint density at radius 1 is 1.24 bits per heavy atom. The third-order valence-electron chi connectivity index (χ3n) is 8.78. The average Bonchev–Trinajstić information content (AvgIpc) is 3.41. The monoisotopic (exact) mass is 454 g/mol. The molecule has 7 nitrogen and oxygen atoms in total. The lowest BCUT2D eigenvalue weighted by Crippen LogP contribution is -2.65. The first-order valence-electron chi connectivity index (χ1n) is 12.3. The van der Waals surface area contributed by atoms with Crippen molar-refractivity contribution in [2.45, 2.75) is 83.7 Å². The molecule has 2 bridgehead atoms. The van der Waals surface area contributed by atoms with Crippen LogP contribution in [-0.2, 0) is 25.4 Å². The molecule has 3 aliphatic carbocycles. The zero-order chi connectivity index (χ0) is 23.4. The van der Waals surface area contributed by atoms with E-state index < -0.39 is 19.3 Å². The van der Waals surface area contributed by atoms with Crippen LogP contribution in [0.3, 0.4) is 0 Å². The number of ether oxygens (including phenoxy) is 1. The van der Waals surface area contributed by atoms with Crippen LogP contribution in [0.4, 0.5) is 4.79 Å². The summed E-state index contributed by atoms with van der Waals surface area (Å²) in [5.74, 6) is 0.940. The molecule has 1 aromatic carbocycles. The first-order valence-corrected chi connectivity index (χ1v) is 12.3. The van der Waals surface area contributed by atoms with E-state index in [0.29, 0.717) is 18.4 Å². The minimum atomic E-state index is -0.681. The number of nitrogens with zero attached hydrogens (tertiary/aromatic N) is 1. The molecule has 6 rings (SSSR count). The van der Waals surface area contributed by atoms with Gasteiger partial charge in [0.05, 0.1) is 17.6 Å². The first kappa shape index (κ1) is 22.7. The van der Waals surface area contributed by atoms with Crippen LogP contribution in [0.25, 0.3) is 0 Å². The molecule has 33 heavy (non-hydrogen) atoms. The number of rotatable bonds is 5. The second kappa shape index (κ2) is 8.31. The van der Waals surface area contributed by atoms with Gasteiger partial charge in [0.2, 0.25) is 5.91 Å². The molecule has 178 valence electrons. The van der Waals surface area contributed by atoms with E-state index in [-0.39, 0.29) is 35.6 Å². The van der Waals surface area contributed by atoms with Crippen molar-refractivity contribution in [1.29, 1.82) is 0 Å². The number of carbonyl (C=O) groups excluding carboxylic acids is 2. The van der Waals surface area contributed by atoms with E-state index in [4.69, 9.17) is 14.0 Å². The zero-order valence-electron chi connectivity index (χ0n) is 20.1. The Kier molecular flexibility index (Phi) is 5.72. The summed E-state index contributed by atoms with van der Waals surface area (Å²) in [5, 5.41) is 2.69. The molecule has 0 unspecified atom stereocenters. The molecule has 2 saturated heterocycles. The minimum Gasteiger partial charge on any atom is -0.445 e. The first-order chi connectivity index (χ1) is 15.7. The van der Waals surface area contributed by atoms with Gasteiger partial charge in [-0.3, -0.25) is 4.79 Å². The molecule has 5 aliphatic rings. The maximum Gasteiger partial charge on any atom is 0.481 e. The van der Waals surface area contributed by atoms with Gasteiger partial charge in [-0.1, -0.05) is 44.2 Å². The van der Waals surface area contributed by atoms with E-state index in [1.807, 2.05) is 35.2 Å². The van der Waals surface area contributed by atoms with Gasteiger partial charge in [-0.15, -0.1) is 0 Å². The minimum absolute atomic E-state index is 0.0975. The maximum atomic E-state index is 13.2. The number of nitrogens with one attached hydrogen (secondary N) is 1. The molecule has 2 aliphatic heterocycles. The number of benzene rings is 1. The summed E-state index contributed by atoms with van der Waals surface area (Å²) in [5.41, 5.74) is 0.899. The summed E-state index contributed by atoms with van der Waals surface area (Å²) in [6.07, 6.45) is 3.49. The fraction of sp³-hybridized carbons (Fsp3) is 0.680. The quantitative estimate of drug-likeness (QED) is 0.689. The molecule has 8 heteroatoms. The van der Waals surface area contributed by atoms with E-state index in [9.17, 15) is 9.59 Å². The molecule has 0 radical (unpaired) electrons. The van der Waals surface area contributed by atoms with Crippen molar-refractivity contribution < 1.29 is 23.6 Å². The number of amides is 2. The van der Waals surface area contributed by atoms with Crippen molar-refractivity contribution in [1.82, 2.24) is 10.2 Å². The lowest BCUT2D eigenvalue weighted by molar-refractivity contribution is -0.199. The Hall–Kier alpha value is -2.06. The van der Waals surface area contributed by atoms with Crippen LogP contribution in [-0.4, -0.2) is 54.3 Å². The van der Waals surface area contributed by atoms with Crippen LogP contribution in [0.5, 0.6) is 0 Å². The van der Waals surface area contributed by atoms with Crippen LogP contribution in [0.1, 0.15) is 58.9 Å². The van der Waals surface area contributed by atoms with Gasteiger partial charge < -0.3 is 24.3 Å². The summed E-state index contributed by atoms with van der Waals surface area (Å²) in [4.78, 5) is 27.3.